The summed E-state index contributed by atoms with van der Waals surface area (Å²) in [6.45, 7) is 0. The van der Waals surface area contributed by atoms with Crippen LogP contribution in [0.3, 0.4) is 0 Å². The van der Waals surface area contributed by atoms with Gasteiger partial charge in [0, 0.05) is 22.1 Å². The minimum absolute atomic E-state index is 0.630. The molecule has 0 saturated heterocycles. The Bertz CT molecular complexity index is 3330. The van der Waals surface area contributed by atoms with Crippen molar-refractivity contribution in [1.29, 1.82) is 0 Å². The van der Waals surface area contributed by atoms with Gasteiger partial charge in [0.1, 0.15) is 0 Å². The Labute approximate surface area is 336 Å². The zero-order chi connectivity index (χ0) is 38.4. The zero-order valence-electron chi connectivity index (χ0n) is 31.5. The Morgan fingerprint density at radius 2 is 0.672 bits per heavy atom. The first-order chi connectivity index (χ1) is 28.7. The minimum Gasteiger partial charge on any atom is -0.208 e. The average Bonchev–Trinajstić information content (AvgIpc) is 3.30. The smallest absolute Gasteiger partial charge is 0.164 e. The molecule has 3 heteroatoms. The van der Waals surface area contributed by atoms with Gasteiger partial charge in [-0.15, -0.1) is 0 Å². The van der Waals surface area contributed by atoms with E-state index < -0.39 is 0 Å². The molecule has 0 atom stereocenters. The number of hydrogen-bond acceptors (Lipinski definition) is 3. The van der Waals surface area contributed by atoms with Crippen molar-refractivity contribution in [3.05, 3.63) is 212 Å². The van der Waals surface area contributed by atoms with E-state index in [1.165, 1.54) is 33.0 Å². The van der Waals surface area contributed by atoms with E-state index in [1.807, 2.05) is 0 Å². The zero-order valence-corrected chi connectivity index (χ0v) is 31.5. The molecule has 0 aliphatic rings. The standard InChI is InChI=1S/C55H35N3/c1-3-14-36(15-4-1)45-24-12-27-49-48(45)26-13-28-50(49)54-56-53(57-55(58-54)51-29-11-21-39-20-10-25-47(52(39)51)38-16-5-2-6-17-38)43-33-31-40-34-42(32-30-41(40)35-43)46-23-9-19-37-18-7-8-22-44(37)46/h1-35H. The van der Waals surface area contributed by atoms with Crippen LogP contribution >= 0.6 is 0 Å². The molecule has 3 nitrogen and oxygen atoms in total. The van der Waals surface area contributed by atoms with E-state index in [9.17, 15) is 0 Å². The number of benzene rings is 10. The van der Waals surface area contributed by atoms with E-state index in [1.54, 1.807) is 0 Å². The van der Waals surface area contributed by atoms with Crippen molar-refractivity contribution in [2.75, 3.05) is 0 Å². The van der Waals surface area contributed by atoms with Crippen LogP contribution in [0.2, 0.25) is 0 Å². The van der Waals surface area contributed by atoms with Gasteiger partial charge in [0.2, 0.25) is 0 Å². The summed E-state index contributed by atoms with van der Waals surface area (Å²) < 4.78 is 0. The Morgan fingerprint density at radius 3 is 1.40 bits per heavy atom. The van der Waals surface area contributed by atoms with E-state index in [0.29, 0.717) is 17.5 Å². The summed E-state index contributed by atoms with van der Waals surface area (Å²) in [5, 5.41) is 9.26. The average molecular weight is 738 g/mol. The predicted octanol–water partition coefficient (Wildman–Crippen LogP) is 14.5. The molecule has 270 valence electrons. The number of fused-ring (bicyclic) bond motifs is 4. The van der Waals surface area contributed by atoms with Crippen LogP contribution in [0, 0.1) is 0 Å². The molecule has 10 aromatic carbocycles. The lowest BCUT2D eigenvalue weighted by molar-refractivity contribution is 1.08. The summed E-state index contributed by atoms with van der Waals surface area (Å²) in [7, 11) is 0. The maximum atomic E-state index is 5.35. The third-order valence-electron chi connectivity index (χ3n) is 11.3. The predicted molar refractivity (Wildman–Crippen MR) is 242 cm³/mol. The summed E-state index contributed by atoms with van der Waals surface area (Å²) in [6, 6.07) is 75.3. The molecule has 0 saturated carbocycles. The van der Waals surface area contributed by atoms with Gasteiger partial charge in [-0.25, -0.2) is 15.0 Å². The molecule has 0 bridgehead atoms. The Kier molecular flexibility index (Phi) is 8.15. The normalized spacial score (nSPS) is 11.4. The Hall–Kier alpha value is -7.75. The van der Waals surface area contributed by atoms with Crippen molar-refractivity contribution in [3.8, 4) is 67.5 Å². The topological polar surface area (TPSA) is 38.7 Å². The van der Waals surface area contributed by atoms with Gasteiger partial charge in [0.15, 0.2) is 17.5 Å². The van der Waals surface area contributed by atoms with Crippen LogP contribution < -0.4 is 0 Å². The lowest BCUT2D eigenvalue weighted by Crippen LogP contribution is -2.01. The van der Waals surface area contributed by atoms with E-state index in [2.05, 4.69) is 212 Å². The highest BCUT2D eigenvalue weighted by Crippen LogP contribution is 2.39. The van der Waals surface area contributed by atoms with Crippen molar-refractivity contribution >= 4 is 43.1 Å². The summed E-state index contributed by atoms with van der Waals surface area (Å²) >= 11 is 0. The number of hydrogen-bond donors (Lipinski definition) is 0. The Morgan fingerprint density at radius 1 is 0.224 bits per heavy atom. The molecule has 58 heavy (non-hydrogen) atoms. The van der Waals surface area contributed by atoms with E-state index in [0.717, 1.165) is 60.1 Å². The SMILES string of the molecule is c1ccc(-c2cccc3c(-c4nc(-c5ccc6cc(-c7cccc8ccccc78)ccc6c5)nc(-c5cccc6cccc(-c7ccccc7)c56)n4)cccc23)cc1. The van der Waals surface area contributed by atoms with Gasteiger partial charge < -0.3 is 0 Å². The highest BCUT2D eigenvalue weighted by Gasteiger charge is 2.19. The molecule has 1 aromatic heterocycles. The lowest BCUT2D eigenvalue weighted by atomic mass is 9.94. The van der Waals surface area contributed by atoms with Crippen molar-refractivity contribution in [1.82, 2.24) is 15.0 Å². The molecular formula is C55H35N3. The van der Waals surface area contributed by atoms with E-state index in [4.69, 9.17) is 15.0 Å². The highest BCUT2D eigenvalue weighted by molar-refractivity contribution is 6.07. The third-order valence-corrected chi connectivity index (χ3v) is 11.3. The maximum absolute atomic E-state index is 5.35. The summed E-state index contributed by atoms with van der Waals surface area (Å²) in [6.07, 6.45) is 0. The third kappa shape index (κ3) is 5.89. The fourth-order valence-corrected chi connectivity index (χ4v) is 8.54. The van der Waals surface area contributed by atoms with Gasteiger partial charge in [-0.3, -0.25) is 0 Å². The molecule has 0 aliphatic carbocycles. The van der Waals surface area contributed by atoms with Crippen LogP contribution in [0.1, 0.15) is 0 Å². The van der Waals surface area contributed by atoms with Gasteiger partial charge in [0.25, 0.3) is 0 Å². The van der Waals surface area contributed by atoms with Crippen LogP contribution in [-0.2, 0) is 0 Å². The summed E-state index contributed by atoms with van der Waals surface area (Å²) in [4.78, 5) is 16.0. The Balaban J connectivity index is 1.12. The van der Waals surface area contributed by atoms with E-state index >= 15 is 0 Å². The quantitative estimate of drug-likeness (QED) is 0.171. The van der Waals surface area contributed by atoms with Gasteiger partial charge in [-0.05, 0) is 83.2 Å². The van der Waals surface area contributed by atoms with Crippen LogP contribution in [0.15, 0.2) is 212 Å². The molecule has 0 N–H and O–H groups in total. The molecule has 11 rings (SSSR count). The van der Waals surface area contributed by atoms with Crippen molar-refractivity contribution in [3.63, 3.8) is 0 Å². The van der Waals surface area contributed by atoms with Crippen LogP contribution in [-0.4, -0.2) is 15.0 Å². The fourth-order valence-electron chi connectivity index (χ4n) is 8.54. The molecule has 0 radical (unpaired) electrons. The van der Waals surface area contributed by atoms with Gasteiger partial charge >= 0.3 is 0 Å². The molecule has 0 amide bonds. The minimum atomic E-state index is 0.630. The second-order valence-corrected chi connectivity index (χ2v) is 14.8. The maximum Gasteiger partial charge on any atom is 0.164 e. The first kappa shape index (κ1) is 33.6. The van der Waals surface area contributed by atoms with Crippen molar-refractivity contribution in [2.45, 2.75) is 0 Å². The van der Waals surface area contributed by atoms with Gasteiger partial charge in [-0.2, -0.15) is 0 Å². The largest absolute Gasteiger partial charge is 0.208 e. The second-order valence-electron chi connectivity index (χ2n) is 14.8. The van der Waals surface area contributed by atoms with Crippen LogP contribution in [0.5, 0.6) is 0 Å². The van der Waals surface area contributed by atoms with E-state index in [-0.39, 0.29) is 0 Å². The monoisotopic (exact) mass is 737 g/mol. The highest BCUT2D eigenvalue weighted by atomic mass is 15.0. The molecule has 0 spiro atoms. The van der Waals surface area contributed by atoms with Gasteiger partial charge in [0.05, 0.1) is 0 Å². The van der Waals surface area contributed by atoms with Crippen LogP contribution in [0.25, 0.3) is 111 Å². The molecule has 0 aliphatic heterocycles. The summed E-state index contributed by atoms with van der Waals surface area (Å²) in [5.74, 6) is 1.90. The lowest BCUT2D eigenvalue weighted by Gasteiger charge is -2.15. The number of rotatable bonds is 6. The number of aromatic nitrogens is 3. The molecule has 11 aromatic rings. The fraction of sp³-hybridized carbons (Fsp3) is 0. The number of nitrogens with zero attached hydrogens (tertiary/aromatic N) is 3. The second kappa shape index (κ2) is 14.1. The van der Waals surface area contributed by atoms with Gasteiger partial charge in [-0.1, -0.05) is 200 Å². The molecule has 0 fully saturated rings. The summed E-state index contributed by atoms with van der Waals surface area (Å²) in [5.41, 5.74) is 9.92. The molecule has 0 unspecified atom stereocenters. The first-order valence-corrected chi connectivity index (χ1v) is 19.7. The van der Waals surface area contributed by atoms with Crippen molar-refractivity contribution < 1.29 is 0 Å². The molecular weight excluding hydrogens is 703 g/mol. The van der Waals surface area contributed by atoms with Crippen LogP contribution in [0.4, 0.5) is 0 Å². The van der Waals surface area contributed by atoms with Crippen molar-refractivity contribution in [2.24, 2.45) is 0 Å². The molecule has 1 heterocycles. The first-order valence-electron chi connectivity index (χ1n) is 19.7.